The molecule has 0 saturated carbocycles. The molecule has 1 unspecified atom stereocenters. The van der Waals surface area contributed by atoms with E-state index in [0.29, 0.717) is 31.4 Å². The number of hydrogen-bond donors (Lipinski definition) is 0. The number of imide groups is 1. The van der Waals surface area contributed by atoms with Crippen LogP contribution in [0.1, 0.15) is 36.2 Å². The molecule has 3 amide bonds. The molecule has 0 spiro atoms. The summed E-state index contributed by atoms with van der Waals surface area (Å²) in [6.07, 6.45) is 5.35. The second-order valence-corrected chi connectivity index (χ2v) is 8.55. The van der Waals surface area contributed by atoms with Crippen molar-refractivity contribution in [2.45, 2.75) is 46.1 Å². The van der Waals surface area contributed by atoms with Crippen molar-refractivity contribution < 1.29 is 14.2 Å². The molecule has 1 atom stereocenters. The van der Waals surface area contributed by atoms with Gasteiger partial charge in [-0.05, 0) is 46.7 Å². The number of aryl methyl sites for hydroxylation is 1. The van der Waals surface area contributed by atoms with Gasteiger partial charge < -0.3 is 4.90 Å². The third kappa shape index (κ3) is 3.60. The minimum atomic E-state index is -0.652. The summed E-state index contributed by atoms with van der Waals surface area (Å²) in [6, 6.07) is -0.970. The van der Waals surface area contributed by atoms with E-state index in [1.54, 1.807) is 17.8 Å². The Bertz CT molecular complexity index is 984. The zero-order valence-electron chi connectivity index (χ0n) is 19.0. The maximum absolute atomic E-state index is 13.5. The third-order valence-corrected chi connectivity index (χ3v) is 6.65. The Morgan fingerprint density at radius 3 is 2.45 bits per heavy atom. The standard InChI is InChI=1S/C22H32N7O2/c1-6-10-27-18-19(23-21(27)29-17(4)15(2)16(3)24-29)25(5)22(31)28(20(18)30)14-13-26-11-8-7-9-12-26/h6,18H,1,7-14H2,2-5H3/q+1. The first kappa shape index (κ1) is 21.4. The van der Waals surface area contributed by atoms with Crippen molar-refractivity contribution in [3.63, 3.8) is 0 Å². The highest BCUT2D eigenvalue weighted by Gasteiger charge is 2.53. The topological polar surface area (TPSA) is 77.0 Å². The number of fused-ring (bicyclic) bond motifs is 1. The van der Waals surface area contributed by atoms with Crippen LogP contribution >= 0.6 is 0 Å². The van der Waals surface area contributed by atoms with Crippen LogP contribution in [-0.4, -0.2) is 98.6 Å². The number of urea groups is 1. The van der Waals surface area contributed by atoms with Gasteiger partial charge in [0.05, 0.1) is 12.2 Å². The summed E-state index contributed by atoms with van der Waals surface area (Å²) in [5.41, 5.74) is 2.96. The Morgan fingerprint density at radius 1 is 1.13 bits per heavy atom. The Balaban J connectivity index is 1.67. The second-order valence-electron chi connectivity index (χ2n) is 8.55. The Labute approximate surface area is 183 Å². The monoisotopic (exact) mass is 426 g/mol. The lowest BCUT2D eigenvalue weighted by molar-refractivity contribution is -0.527. The predicted octanol–water partition coefficient (Wildman–Crippen LogP) is 1.37. The fourth-order valence-electron chi connectivity index (χ4n) is 4.55. The van der Waals surface area contributed by atoms with Crippen LogP contribution in [-0.2, 0) is 4.79 Å². The van der Waals surface area contributed by atoms with E-state index in [9.17, 15) is 9.59 Å². The van der Waals surface area contributed by atoms with Gasteiger partial charge in [0, 0.05) is 25.7 Å². The van der Waals surface area contributed by atoms with Gasteiger partial charge in [0.2, 0.25) is 11.9 Å². The molecular formula is C22H32N7O2+. The van der Waals surface area contributed by atoms with E-state index in [0.717, 1.165) is 30.0 Å². The number of carbonyl (C=O) groups is 2. The zero-order chi connectivity index (χ0) is 22.3. The van der Waals surface area contributed by atoms with Crippen LogP contribution in [0.4, 0.5) is 4.79 Å². The Kier molecular flexibility index (Phi) is 5.79. The van der Waals surface area contributed by atoms with Gasteiger partial charge in [0.15, 0.2) is 0 Å². The van der Waals surface area contributed by atoms with E-state index in [2.05, 4.69) is 16.6 Å². The van der Waals surface area contributed by atoms with E-state index >= 15 is 0 Å². The van der Waals surface area contributed by atoms with Crippen LogP contribution in [0, 0.1) is 20.8 Å². The molecule has 4 heterocycles. The van der Waals surface area contributed by atoms with Crippen LogP contribution in [0.3, 0.4) is 0 Å². The van der Waals surface area contributed by atoms with Crippen molar-refractivity contribution in [2.75, 3.05) is 39.8 Å². The summed E-state index contributed by atoms with van der Waals surface area (Å²) in [6.45, 7) is 13.4. The molecular weight excluding hydrogens is 394 g/mol. The molecule has 0 aromatic carbocycles. The number of hydrogen-bond acceptors (Lipinski definition) is 5. The smallest absolute Gasteiger partial charge is 0.302 e. The molecule has 9 heteroatoms. The largest absolute Gasteiger partial charge is 0.421 e. The molecule has 31 heavy (non-hydrogen) atoms. The third-order valence-electron chi connectivity index (χ3n) is 6.65. The summed E-state index contributed by atoms with van der Waals surface area (Å²) >= 11 is 0. The number of amides is 3. The van der Waals surface area contributed by atoms with Crippen LogP contribution in [0.2, 0.25) is 0 Å². The van der Waals surface area contributed by atoms with Gasteiger partial charge in [-0.2, -0.15) is 0 Å². The maximum Gasteiger partial charge on any atom is 0.421 e. The SMILES string of the molecule is C=CC[N+]1=C(n2nc(C)c(C)c2C)N=C2C1C(=O)N(CCN1CCCCC1)C(=O)N2C. The van der Waals surface area contributed by atoms with E-state index < -0.39 is 6.04 Å². The van der Waals surface area contributed by atoms with E-state index in [-0.39, 0.29) is 11.9 Å². The Morgan fingerprint density at radius 2 is 1.84 bits per heavy atom. The van der Waals surface area contributed by atoms with E-state index in [1.807, 2.05) is 25.3 Å². The number of aromatic nitrogens is 2. The Hall–Kier alpha value is -2.81. The number of likely N-dealkylation sites (tertiary alicyclic amines) is 1. The molecule has 0 bridgehead atoms. The van der Waals surface area contributed by atoms with Crippen molar-refractivity contribution in [3.05, 3.63) is 29.6 Å². The number of aliphatic imine (C=N–C) groups is 1. The summed E-state index contributed by atoms with van der Waals surface area (Å²) in [4.78, 5) is 36.5. The van der Waals surface area contributed by atoms with Crippen molar-refractivity contribution in [1.29, 1.82) is 0 Å². The van der Waals surface area contributed by atoms with Gasteiger partial charge in [0.1, 0.15) is 5.69 Å². The predicted molar refractivity (Wildman–Crippen MR) is 119 cm³/mol. The fraction of sp³-hybridized carbons (Fsp3) is 0.591. The van der Waals surface area contributed by atoms with Gasteiger partial charge in [-0.15, -0.1) is 9.78 Å². The summed E-state index contributed by atoms with van der Waals surface area (Å²) < 4.78 is 3.66. The highest BCUT2D eigenvalue weighted by Crippen LogP contribution is 2.22. The molecule has 2 fully saturated rings. The van der Waals surface area contributed by atoms with Crippen molar-refractivity contribution in [3.8, 4) is 0 Å². The zero-order valence-corrected chi connectivity index (χ0v) is 19.0. The van der Waals surface area contributed by atoms with Crippen molar-refractivity contribution >= 4 is 23.7 Å². The highest BCUT2D eigenvalue weighted by molar-refractivity contribution is 6.23. The van der Waals surface area contributed by atoms with Gasteiger partial charge in [-0.25, -0.2) is 9.37 Å². The number of nitrogens with zero attached hydrogens (tertiary/aromatic N) is 7. The van der Waals surface area contributed by atoms with E-state index in [4.69, 9.17) is 4.99 Å². The average Bonchev–Trinajstić information content (AvgIpc) is 3.26. The molecule has 3 aliphatic rings. The summed E-state index contributed by atoms with van der Waals surface area (Å²) in [5.74, 6) is 0.778. The second kappa shape index (κ2) is 8.37. The van der Waals surface area contributed by atoms with E-state index in [1.165, 1.54) is 29.1 Å². The first-order valence-electron chi connectivity index (χ1n) is 11.0. The average molecular weight is 427 g/mol. The molecule has 2 saturated heterocycles. The lowest BCUT2D eigenvalue weighted by atomic mass is 10.1. The lowest BCUT2D eigenvalue weighted by Gasteiger charge is -2.35. The highest BCUT2D eigenvalue weighted by atomic mass is 16.2. The quantitative estimate of drug-likeness (QED) is 0.526. The number of piperidine rings is 1. The number of carbonyl (C=O) groups excluding carboxylic acids is 2. The van der Waals surface area contributed by atoms with Gasteiger partial charge in [0.25, 0.3) is 5.91 Å². The van der Waals surface area contributed by atoms with Gasteiger partial charge in [-0.1, -0.05) is 24.1 Å². The molecule has 1 aromatic rings. The first-order chi connectivity index (χ1) is 14.8. The first-order valence-corrected chi connectivity index (χ1v) is 11.0. The van der Waals surface area contributed by atoms with Crippen molar-refractivity contribution in [2.24, 2.45) is 4.99 Å². The number of amidine groups is 1. The molecule has 166 valence electrons. The summed E-state index contributed by atoms with van der Waals surface area (Å²) in [7, 11) is 1.69. The number of likely N-dealkylation sites (N-methyl/N-ethyl adjacent to an activating group) is 1. The normalized spacial score (nSPS) is 22.3. The summed E-state index contributed by atoms with van der Waals surface area (Å²) in [5, 5.41) is 4.63. The maximum atomic E-state index is 13.5. The molecule has 0 aliphatic carbocycles. The van der Waals surface area contributed by atoms with Crippen LogP contribution in [0.25, 0.3) is 0 Å². The molecule has 4 rings (SSSR count). The molecule has 9 nitrogen and oxygen atoms in total. The van der Waals surface area contributed by atoms with Gasteiger partial charge in [-0.3, -0.25) is 14.6 Å². The van der Waals surface area contributed by atoms with Crippen LogP contribution < -0.4 is 0 Å². The molecule has 0 radical (unpaired) electrons. The minimum absolute atomic E-state index is 0.228. The molecule has 1 aromatic heterocycles. The molecule has 0 N–H and O–H groups in total. The lowest BCUT2D eigenvalue weighted by Crippen LogP contribution is -2.63. The fourth-order valence-corrected chi connectivity index (χ4v) is 4.55. The van der Waals surface area contributed by atoms with Crippen molar-refractivity contribution in [1.82, 2.24) is 24.5 Å². The number of rotatable bonds is 5. The van der Waals surface area contributed by atoms with Crippen LogP contribution in [0.15, 0.2) is 17.6 Å². The van der Waals surface area contributed by atoms with Gasteiger partial charge >= 0.3 is 12.0 Å². The molecule has 3 aliphatic heterocycles. The minimum Gasteiger partial charge on any atom is -0.302 e. The van der Waals surface area contributed by atoms with Crippen LogP contribution in [0.5, 0.6) is 0 Å².